The van der Waals surface area contributed by atoms with Crippen molar-refractivity contribution >= 4 is 22.4 Å². The highest BCUT2D eigenvalue weighted by molar-refractivity contribution is 5.96. The summed E-state index contributed by atoms with van der Waals surface area (Å²) in [4.78, 5) is 15.2. The highest BCUT2D eigenvalue weighted by Crippen LogP contribution is 2.45. The van der Waals surface area contributed by atoms with Crippen LogP contribution in [0.3, 0.4) is 0 Å². The summed E-state index contributed by atoms with van der Waals surface area (Å²) >= 11 is 0. The number of hydrogen-bond donors (Lipinski definition) is 3. The van der Waals surface area contributed by atoms with Crippen molar-refractivity contribution in [2.24, 2.45) is 0 Å². The van der Waals surface area contributed by atoms with Gasteiger partial charge in [-0.25, -0.2) is 18.2 Å². The average Bonchev–Trinajstić information content (AvgIpc) is 3.53. The van der Waals surface area contributed by atoms with Gasteiger partial charge in [-0.2, -0.15) is 23.1 Å². The first-order valence-electron chi connectivity index (χ1n) is 14.8. The van der Waals surface area contributed by atoms with Crippen molar-refractivity contribution in [2.75, 3.05) is 50.4 Å². The van der Waals surface area contributed by atoms with Crippen molar-refractivity contribution in [3.8, 4) is 23.1 Å². The van der Waals surface area contributed by atoms with Gasteiger partial charge in [-0.3, -0.25) is 4.90 Å². The monoisotopic (exact) mass is 637 g/mol. The Kier molecular flexibility index (Phi) is 8.18. The highest BCUT2D eigenvalue weighted by atomic mass is 19.4. The molecule has 45 heavy (non-hydrogen) atoms. The van der Waals surface area contributed by atoms with Crippen LogP contribution in [0.15, 0.2) is 18.0 Å². The van der Waals surface area contributed by atoms with Gasteiger partial charge in [-0.15, -0.1) is 0 Å². The van der Waals surface area contributed by atoms with Crippen molar-refractivity contribution in [2.45, 2.75) is 57.3 Å². The van der Waals surface area contributed by atoms with E-state index in [1.165, 1.54) is 0 Å². The third-order valence-corrected chi connectivity index (χ3v) is 8.75. The van der Waals surface area contributed by atoms with Gasteiger partial charge in [0.25, 0.3) is 0 Å². The maximum absolute atomic E-state index is 16.6. The molecule has 0 amide bonds. The van der Waals surface area contributed by atoms with Crippen LogP contribution >= 0.6 is 0 Å². The number of nitrogens with two attached hydrogens (primary N) is 1. The molecular weight excluding hydrogens is 604 g/mol. The Bertz CT molecular complexity index is 1670. The zero-order valence-electron chi connectivity index (χ0n) is 24.8. The second-order valence-electron chi connectivity index (χ2n) is 11.9. The number of benzene rings is 1. The molecule has 2 saturated heterocycles. The largest absolute Gasteiger partial charge is 0.474 e. The van der Waals surface area contributed by atoms with Gasteiger partial charge in [0.2, 0.25) is 5.88 Å². The summed E-state index contributed by atoms with van der Waals surface area (Å²) < 4.78 is 99.7. The molecule has 0 bridgehead atoms. The molecule has 0 unspecified atom stereocenters. The van der Waals surface area contributed by atoms with Crippen LogP contribution in [0.2, 0.25) is 0 Å². The number of ether oxygens (including phenoxy) is 2. The van der Waals surface area contributed by atoms with Gasteiger partial charge in [0, 0.05) is 25.2 Å². The van der Waals surface area contributed by atoms with Gasteiger partial charge in [0.05, 0.1) is 29.2 Å². The Balaban J connectivity index is 1.54. The molecule has 2 aromatic heterocycles. The summed E-state index contributed by atoms with van der Waals surface area (Å²) in [5, 5.41) is 6.38. The van der Waals surface area contributed by atoms with Gasteiger partial charge < -0.3 is 25.8 Å². The van der Waals surface area contributed by atoms with E-state index in [0.29, 0.717) is 50.9 Å². The third kappa shape index (κ3) is 5.71. The second-order valence-corrected chi connectivity index (χ2v) is 11.9. The van der Waals surface area contributed by atoms with Crippen LogP contribution in [-0.2, 0) is 6.18 Å². The number of anilines is 2. The minimum absolute atomic E-state index is 0.0156. The standard InChI is InChI=1S/C30H33F6N7O2/c1-15-4-6-38-7-8-39-26-20-25(41-28(42-26)44-14-29-5-3-9-43(29)13-17(11-29)12-31)23(33)24(40-27(20)45-15)18-10-19(37)22(32)16(2)21(18)30(34,35)36/h10,12,15,38H,3-9,11,13-14,37H2,1-2H3,(H,39,41,42)/b17-12-/t15-,29-/m0/s1. The highest BCUT2D eigenvalue weighted by Gasteiger charge is 2.47. The molecule has 0 spiro atoms. The fourth-order valence-corrected chi connectivity index (χ4v) is 6.55. The quantitative estimate of drug-likeness (QED) is 0.252. The molecule has 1 aromatic carbocycles. The van der Waals surface area contributed by atoms with Crippen molar-refractivity contribution in [3.63, 3.8) is 0 Å². The maximum atomic E-state index is 16.6. The van der Waals surface area contributed by atoms with Crippen molar-refractivity contribution in [1.82, 2.24) is 25.2 Å². The second kappa shape index (κ2) is 11.8. The summed E-state index contributed by atoms with van der Waals surface area (Å²) in [6.07, 6.45) is -2.33. The molecule has 6 rings (SSSR count). The maximum Gasteiger partial charge on any atom is 0.417 e. The van der Waals surface area contributed by atoms with Gasteiger partial charge in [0.1, 0.15) is 34.8 Å². The average molecular weight is 638 g/mol. The number of nitrogens with one attached hydrogen (secondary N) is 2. The predicted octanol–water partition coefficient (Wildman–Crippen LogP) is 5.52. The van der Waals surface area contributed by atoms with E-state index in [4.69, 9.17) is 15.2 Å². The minimum atomic E-state index is -5.07. The van der Waals surface area contributed by atoms with Crippen LogP contribution in [0, 0.1) is 18.6 Å². The summed E-state index contributed by atoms with van der Waals surface area (Å²) in [5.74, 6) is -2.56. The van der Waals surface area contributed by atoms with E-state index in [2.05, 4.69) is 30.5 Å². The number of nitrogens with zero attached hydrogens (tertiary/aromatic N) is 4. The van der Waals surface area contributed by atoms with E-state index >= 15 is 4.39 Å². The van der Waals surface area contributed by atoms with Gasteiger partial charge in [-0.1, -0.05) is 0 Å². The molecular formula is C30H33F6N7O2. The van der Waals surface area contributed by atoms with E-state index in [9.17, 15) is 22.0 Å². The summed E-state index contributed by atoms with van der Waals surface area (Å²) in [5.41, 5.74) is 1.17. The zero-order chi connectivity index (χ0) is 32.1. The Hall–Kier alpha value is -3.85. The fourth-order valence-electron chi connectivity index (χ4n) is 6.55. The number of halogens is 6. The van der Waals surface area contributed by atoms with Crippen molar-refractivity contribution in [1.29, 1.82) is 0 Å². The molecule has 4 N–H and O–H groups in total. The molecule has 3 aliphatic heterocycles. The lowest BCUT2D eigenvalue weighted by Gasteiger charge is -2.30. The van der Waals surface area contributed by atoms with E-state index in [-0.39, 0.29) is 29.7 Å². The van der Waals surface area contributed by atoms with Crippen LogP contribution in [-0.4, -0.2) is 70.8 Å². The lowest BCUT2D eigenvalue weighted by Crippen LogP contribution is -2.43. The van der Waals surface area contributed by atoms with E-state index in [1.807, 2.05) is 0 Å². The zero-order valence-corrected chi connectivity index (χ0v) is 24.8. The number of pyridine rings is 1. The van der Waals surface area contributed by atoms with Crippen molar-refractivity contribution < 1.29 is 35.8 Å². The summed E-state index contributed by atoms with van der Waals surface area (Å²) in [7, 11) is 0. The molecule has 0 aliphatic carbocycles. The van der Waals surface area contributed by atoms with Gasteiger partial charge in [-0.05, 0) is 69.8 Å². The molecule has 0 radical (unpaired) electrons. The van der Waals surface area contributed by atoms with E-state index < -0.39 is 63.0 Å². The van der Waals surface area contributed by atoms with Gasteiger partial charge in [0.15, 0.2) is 5.82 Å². The summed E-state index contributed by atoms with van der Waals surface area (Å²) in [6, 6.07) is 0.489. The van der Waals surface area contributed by atoms with Crippen LogP contribution in [0.5, 0.6) is 11.9 Å². The van der Waals surface area contributed by atoms with Crippen LogP contribution in [0.25, 0.3) is 22.2 Å². The normalized spacial score (nSPS) is 23.5. The molecule has 3 aromatic rings. The molecule has 0 saturated carbocycles. The van der Waals surface area contributed by atoms with Gasteiger partial charge >= 0.3 is 12.2 Å². The number of fused-ring (bicyclic) bond motifs is 1. The van der Waals surface area contributed by atoms with Crippen LogP contribution < -0.4 is 25.8 Å². The molecule has 2 fully saturated rings. The Morgan fingerprint density at radius 1 is 1.18 bits per heavy atom. The molecule has 3 aliphatic rings. The predicted molar refractivity (Wildman–Crippen MR) is 156 cm³/mol. The SMILES string of the molecule is Cc1c(F)c(N)cc(-c2nc3c4c(nc(OC[C@@]56CCCN5C/C(=C\F)C6)nc4c2F)NCCNCC[C@H](C)O3)c1C(F)(F)F. The van der Waals surface area contributed by atoms with E-state index in [1.54, 1.807) is 6.92 Å². The van der Waals surface area contributed by atoms with Crippen LogP contribution in [0.1, 0.15) is 43.7 Å². The first kappa shape index (κ1) is 31.1. The molecule has 2 atom stereocenters. The first-order valence-corrected chi connectivity index (χ1v) is 14.8. The topological polar surface area (TPSA) is 110 Å². The van der Waals surface area contributed by atoms with Crippen molar-refractivity contribution in [3.05, 3.63) is 40.7 Å². The molecule has 9 nitrogen and oxygen atoms in total. The number of nitrogen functional groups attached to an aromatic ring is 1. The third-order valence-electron chi connectivity index (χ3n) is 8.75. The minimum Gasteiger partial charge on any atom is -0.474 e. The lowest BCUT2D eigenvalue weighted by atomic mass is 9.94. The van der Waals surface area contributed by atoms with Crippen LogP contribution in [0.4, 0.5) is 37.8 Å². The Labute approximate surface area is 255 Å². The number of rotatable bonds is 4. The smallest absolute Gasteiger partial charge is 0.417 e. The molecule has 242 valence electrons. The number of hydrogen-bond acceptors (Lipinski definition) is 9. The molecule has 15 heteroatoms. The van der Waals surface area contributed by atoms with E-state index in [0.717, 1.165) is 32.4 Å². The first-order chi connectivity index (χ1) is 21.4. The lowest BCUT2D eigenvalue weighted by molar-refractivity contribution is -0.137. The number of aromatic nitrogens is 3. The Morgan fingerprint density at radius 2 is 1.98 bits per heavy atom. The Morgan fingerprint density at radius 3 is 2.73 bits per heavy atom. The summed E-state index contributed by atoms with van der Waals surface area (Å²) in [6.45, 7) is 5.45. The molecule has 5 heterocycles. The fraction of sp³-hybridized carbons (Fsp3) is 0.500. The number of alkyl halides is 3.